The van der Waals surface area contributed by atoms with Crippen molar-refractivity contribution in [1.82, 2.24) is 5.32 Å². The minimum absolute atomic E-state index is 0.350. The van der Waals surface area contributed by atoms with Gasteiger partial charge < -0.3 is 10.4 Å². The van der Waals surface area contributed by atoms with Gasteiger partial charge in [-0.25, -0.2) is 0 Å². The summed E-state index contributed by atoms with van der Waals surface area (Å²) in [6, 6.07) is 1.95. The molecule has 4 heteroatoms. The third-order valence-corrected chi connectivity index (χ3v) is 1.70. The molecule has 2 N–H and O–H groups in total. The fourth-order valence-electron chi connectivity index (χ4n) is 1.07. The first-order chi connectivity index (χ1) is 4.75. The predicted octanol–water partition coefficient (Wildman–Crippen LogP) is -0.570. The summed E-state index contributed by atoms with van der Waals surface area (Å²) >= 11 is 0. The third kappa shape index (κ3) is 1.09. The summed E-state index contributed by atoms with van der Waals surface area (Å²) in [5.74, 6) is -1.74. The van der Waals surface area contributed by atoms with Crippen LogP contribution in [0.3, 0.4) is 0 Å². The van der Waals surface area contributed by atoms with Crippen LogP contribution in [0.2, 0.25) is 0 Å². The van der Waals surface area contributed by atoms with Crippen LogP contribution < -0.4 is 5.32 Å². The van der Waals surface area contributed by atoms with Crippen molar-refractivity contribution in [3.8, 4) is 6.07 Å². The minimum atomic E-state index is -0.878. The second-order valence-corrected chi connectivity index (χ2v) is 2.34. The molecule has 0 aliphatic carbocycles. The molecule has 0 unspecified atom stereocenters. The maximum absolute atomic E-state index is 10.4. The van der Waals surface area contributed by atoms with E-state index in [0.29, 0.717) is 13.1 Å². The van der Waals surface area contributed by atoms with Crippen LogP contribution in [0.4, 0.5) is 0 Å². The first-order valence-electron chi connectivity index (χ1n) is 3.09. The van der Waals surface area contributed by atoms with Crippen LogP contribution in [0.5, 0.6) is 0 Å². The molecule has 0 bridgehead atoms. The Morgan fingerprint density at radius 3 is 2.80 bits per heavy atom. The molecule has 10 heavy (non-hydrogen) atoms. The molecule has 1 saturated heterocycles. The Kier molecular flexibility index (Phi) is 1.88. The Balaban J connectivity index is 2.61. The van der Waals surface area contributed by atoms with Crippen LogP contribution in [0.25, 0.3) is 0 Å². The highest BCUT2D eigenvalue weighted by Gasteiger charge is 2.32. The largest absolute Gasteiger partial charge is 0.481 e. The van der Waals surface area contributed by atoms with Crippen LogP contribution in [0.15, 0.2) is 0 Å². The average molecular weight is 140 g/mol. The lowest BCUT2D eigenvalue weighted by molar-refractivity contribution is -0.141. The maximum Gasteiger partial charge on any atom is 0.309 e. The Bertz CT molecular complexity index is 185. The summed E-state index contributed by atoms with van der Waals surface area (Å²) < 4.78 is 0. The standard InChI is InChI=1S/C6H8N2O2/c7-1-4-2-8-3-5(4)6(9)10/h4-5,8H,2-3H2,(H,9,10)/t4-,5-/m1/s1. The van der Waals surface area contributed by atoms with E-state index in [9.17, 15) is 4.79 Å². The summed E-state index contributed by atoms with van der Waals surface area (Å²) in [4.78, 5) is 10.4. The Morgan fingerprint density at radius 2 is 2.40 bits per heavy atom. The van der Waals surface area contributed by atoms with E-state index in [1.807, 2.05) is 6.07 Å². The zero-order chi connectivity index (χ0) is 7.56. The van der Waals surface area contributed by atoms with Crippen LogP contribution in [0.1, 0.15) is 0 Å². The fourth-order valence-corrected chi connectivity index (χ4v) is 1.07. The molecule has 0 saturated carbocycles. The van der Waals surface area contributed by atoms with Crippen molar-refractivity contribution in [2.45, 2.75) is 0 Å². The van der Waals surface area contributed by atoms with Gasteiger partial charge in [0.15, 0.2) is 0 Å². The van der Waals surface area contributed by atoms with Crippen molar-refractivity contribution >= 4 is 5.97 Å². The second-order valence-electron chi connectivity index (χ2n) is 2.34. The maximum atomic E-state index is 10.4. The zero-order valence-corrected chi connectivity index (χ0v) is 5.37. The van der Waals surface area contributed by atoms with Gasteiger partial charge in [0.1, 0.15) is 0 Å². The van der Waals surface area contributed by atoms with Gasteiger partial charge in [-0.3, -0.25) is 4.79 Å². The molecule has 1 fully saturated rings. The number of carboxylic acid groups (broad SMARTS) is 1. The van der Waals surface area contributed by atoms with Crippen molar-refractivity contribution in [3.05, 3.63) is 0 Å². The molecule has 1 aliphatic rings. The zero-order valence-electron chi connectivity index (χ0n) is 5.37. The minimum Gasteiger partial charge on any atom is -0.481 e. The third-order valence-electron chi connectivity index (χ3n) is 1.70. The number of aliphatic carboxylic acids is 1. The molecule has 0 aromatic heterocycles. The highest BCUT2D eigenvalue weighted by Crippen LogP contribution is 2.15. The van der Waals surface area contributed by atoms with E-state index in [1.165, 1.54) is 0 Å². The molecule has 0 radical (unpaired) electrons. The van der Waals surface area contributed by atoms with E-state index in [0.717, 1.165) is 0 Å². The van der Waals surface area contributed by atoms with Crippen molar-refractivity contribution < 1.29 is 9.90 Å². The monoisotopic (exact) mass is 140 g/mol. The molecule has 0 amide bonds. The lowest BCUT2D eigenvalue weighted by Crippen LogP contribution is -2.21. The lowest BCUT2D eigenvalue weighted by atomic mass is 9.98. The Hall–Kier alpha value is -1.08. The molecule has 0 aromatic rings. The van der Waals surface area contributed by atoms with E-state index in [4.69, 9.17) is 10.4 Å². The molecular formula is C6H8N2O2. The molecule has 2 atom stereocenters. The van der Waals surface area contributed by atoms with E-state index in [-0.39, 0.29) is 5.92 Å². The van der Waals surface area contributed by atoms with Crippen molar-refractivity contribution in [1.29, 1.82) is 5.26 Å². The summed E-state index contributed by atoms with van der Waals surface area (Å²) in [7, 11) is 0. The van der Waals surface area contributed by atoms with Gasteiger partial charge in [0.25, 0.3) is 0 Å². The highest BCUT2D eigenvalue weighted by molar-refractivity contribution is 5.71. The van der Waals surface area contributed by atoms with Gasteiger partial charge in [-0.15, -0.1) is 0 Å². The van der Waals surface area contributed by atoms with E-state index < -0.39 is 11.9 Å². The Morgan fingerprint density at radius 1 is 1.70 bits per heavy atom. The molecule has 0 aromatic carbocycles. The Labute approximate surface area is 58.5 Å². The van der Waals surface area contributed by atoms with Gasteiger partial charge in [0.05, 0.1) is 17.9 Å². The molecule has 4 nitrogen and oxygen atoms in total. The number of hydrogen-bond donors (Lipinski definition) is 2. The molecule has 0 spiro atoms. The SMILES string of the molecule is N#C[C@@H]1CNC[C@H]1C(=O)O. The van der Waals surface area contributed by atoms with Crippen LogP contribution in [0, 0.1) is 23.2 Å². The number of nitriles is 1. The highest BCUT2D eigenvalue weighted by atomic mass is 16.4. The van der Waals surface area contributed by atoms with E-state index >= 15 is 0 Å². The number of nitrogens with one attached hydrogen (secondary N) is 1. The molecule has 1 aliphatic heterocycles. The van der Waals surface area contributed by atoms with Crippen molar-refractivity contribution in [2.24, 2.45) is 11.8 Å². The molecule has 1 heterocycles. The number of carboxylic acids is 1. The second kappa shape index (κ2) is 2.67. The van der Waals surface area contributed by atoms with Gasteiger partial charge in [-0.2, -0.15) is 5.26 Å². The number of carbonyl (C=O) groups is 1. The van der Waals surface area contributed by atoms with Crippen molar-refractivity contribution in [2.75, 3.05) is 13.1 Å². The molecule has 54 valence electrons. The van der Waals surface area contributed by atoms with E-state index in [2.05, 4.69) is 5.32 Å². The van der Waals surface area contributed by atoms with Crippen LogP contribution >= 0.6 is 0 Å². The average Bonchev–Trinajstić information content (AvgIpc) is 2.33. The van der Waals surface area contributed by atoms with Gasteiger partial charge in [-0.05, 0) is 0 Å². The number of nitrogens with zero attached hydrogens (tertiary/aromatic N) is 1. The van der Waals surface area contributed by atoms with Crippen LogP contribution in [-0.2, 0) is 4.79 Å². The summed E-state index contributed by atoms with van der Waals surface area (Å²) in [6.07, 6.45) is 0. The number of rotatable bonds is 1. The van der Waals surface area contributed by atoms with Gasteiger partial charge >= 0.3 is 5.97 Å². The van der Waals surface area contributed by atoms with Gasteiger partial charge in [0, 0.05) is 13.1 Å². The fraction of sp³-hybridized carbons (Fsp3) is 0.667. The summed E-state index contributed by atoms with van der Waals surface area (Å²) in [5, 5.41) is 19.8. The normalized spacial score (nSPS) is 31.5. The first-order valence-corrected chi connectivity index (χ1v) is 3.09. The first kappa shape index (κ1) is 7.03. The van der Waals surface area contributed by atoms with E-state index in [1.54, 1.807) is 0 Å². The van der Waals surface area contributed by atoms with Gasteiger partial charge in [0.2, 0.25) is 0 Å². The smallest absolute Gasteiger partial charge is 0.309 e. The van der Waals surface area contributed by atoms with Gasteiger partial charge in [-0.1, -0.05) is 0 Å². The molecular weight excluding hydrogens is 132 g/mol. The number of hydrogen-bond acceptors (Lipinski definition) is 3. The molecule has 1 rings (SSSR count). The predicted molar refractivity (Wildman–Crippen MR) is 33.1 cm³/mol. The summed E-state index contributed by atoms with van der Waals surface area (Å²) in [6.45, 7) is 0.932. The topological polar surface area (TPSA) is 73.1 Å². The quantitative estimate of drug-likeness (QED) is 0.511. The summed E-state index contributed by atoms with van der Waals surface area (Å²) in [5.41, 5.74) is 0. The van der Waals surface area contributed by atoms with Crippen molar-refractivity contribution in [3.63, 3.8) is 0 Å². The lowest BCUT2D eigenvalue weighted by Gasteiger charge is -2.03. The van der Waals surface area contributed by atoms with Crippen LogP contribution in [-0.4, -0.2) is 24.2 Å².